The van der Waals surface area contributed by atoms with E-state index in [1.807, 2.05) is 18.2 Å². The second kappa shape index (κ2) is 6.74. The van der Waals surface area contributed by atoms with Crippen molar-refractivity contribution >= 4 is 11.9 Å². The summed E-state index contributed by atoms with van der Waals surface area (Å²) in [6, 6.07) is 9.13. The maximum Gasteiger partial charge on any atom is 0.313 e. The maximum absolute atomic E-state index is 12.0. The molecular weight excluding hydrogens is 362 g/mol. The van der Waals surface area contributed by atoms with Crippen LogP contribution in [0.25, 0.3) is 11.1 Å². The fourth-order valence-electron chi connectivity index (χ4n) is 3.54. The van der Waals surface area contributed by atoms with Crippen LogP contribution in [0.15, 0.2) is 30.3 Å². The molecule has 1 fully saturated rings. The number of methoxy groups -OCH3 is 2. The van der Waals surface area contributed by atoms with Gasteiger partial charge in [-0.25, -0.2) is 0 Å². The highest BCUT2D eigenvalue weighted by Crippen LogP contribution is 2.50. The highest BCUT2D eigenvalue weighted by molar-refractivity contribution is 6.01. The number of amides is 1. The van der Waals surface area contributed by atoms with Crippen molar-refractivity contribution in [3.63, 3.8) is 0 Å². The monoisotopic (exact) mass is 383 g/mol. The molecule has 28 heavy (non-hydrogen) atoms. The number of ether oxygens (including phenoxy) is 3. The lowest BCUT2D eigenvalue weighted by Gasteiger charge is -2.20. The molecule has 0 unspecified atom stereocenters. The van der Waals surface area contributed by atoms with Crippen molar-refractivity contribution in [3.8, 4) is 28.4 Å². The number of benzene rings is 2. The first kappa shape index (κ1) is 18.2. The Morgan fingerprint density at radius 3 is 2.46 bits per heavy atom. The van der Waals surface area contributed by atoms with Gasteiger partial charge >= 0.3 is 5.97 Å². The summed E-state index contributed by atoms with van der Waals surface area (Å²) in [5, 5.41) is 12.3. The molecule has 2 N–H and O–H groups in total. The molecule has 7 heteroatoms. The topological polar surface area (TPSA) is 94.1 Å². The molecule has 0 spiro atoms. The van der Waals surface area contributed by atoms with E-state index in [0.29, 0.717) is 42.2 Å². The first-order chi connectivity index (χ1) is 13.5. The predicted molar refractivity (Wildman–Crippen MR) is 101 cm³/mol. The zero-order chi connectivity index (χ0) is 19.9. The lowest BCUT2D eigenvalue weighted by atomic mass is 9.95. The zero-order valence-corrected chi connectivity index (χ0v) is 15.7. The minimum Gasteiger partial charge on any atom is -0.493 e. The van der Waals surface area contributed by atoms with Crippen LogP contribution in [0.1, 0.15) is 28.8 Å². The summed E-state index contributed by atoms with van der Waals surface area (Å²) >= 11 is 0. The molecule has 1 saturated carbocycles. The summed E-state index contributed by atoms with van der Waals surface area (Å²) in [5.74, 6) is 0.343. The molecule has 1 aliphatic carbocycles. The van der Waals surface area contributed by atoms with Gasteiger partial charge in [0.15, 0.2) is 11.5 Å². The third kappa shape index (κ3) is 2.83. The summed E-state index contributed by atoms with van der Waals surface area (Å²) < 4.78 is 17.0. The van der Waals surface area contributed by atoms with Crippen molar-refractivity contribution in [2.24, 2.45) is 5.41 Å². The first-order valence-corrected chi connectivity index (χ1v) is 9.02. The predicted octanol–water partition coefficient (Wildman–Crippen LogP) is 2.86. The highest BCUT2D eigenvalue weighted by atomic mass is 16.5. The Hall–Kier alpha value is -3.22. The third-order valence-corrected chi connectivity index (χ3v) is 5.44. The van der Waals surface area contributed by atoms with Crippen LogP contribution in [0.3, 0.4) is 0 Å². The van der Waals surface area contributed by atoms with E-state index in [1.54, 1.807) is 12.1 Å². The first-order valence-electron chi connectivity index (χ1n) is 9.02. The van der Waals surface area contributed by atoms with Gasteiger partial charge in [-0.1, -0.05) is 12.1 Å². The van der Waals surface area contributed by atoms with Crippen molar-refractivity contribution in [3.05, 3.63) is 41.5 Å². The number of rotatable bonds is 7. The minimum atomic E-state index is -0.855. The van der Waals surface area contributed by atoms with Crippen LogP contribution in [0, 0.1) is 5.41 Å². The summed E-state index contributed by atoms with van der Waals surface area (Å²) in [6.07, 6.45) is 1.17. The Bertz CT molecular complexity index is 964. The molecule has 4 rings (SSSR count). The largest absolute Gasteiger partial charge is 0.493 e. The molecule has 2 aromatic rings. The van der Waals surface area contributed by atoms with Gasteiger partial charge in [0.05, 0.1) is 14.2 Å². The molecule has 7 nitrogen and oxygen atoms in total. The van der Waals surface area contributed by atoms with Gasteiger partial charge in [0.2, 0.25) is 5.75 Å². The number of hydrogen-bond donors (Lipinski definition) is 2. The molecule has 1 heterocycles. The van der Waals surface area contributed by atoms with Crippen LogP contribution in [-0.2, 0) is 11.3 Å². The maximum atomic E-state index is 12.0. The number of nitrogens with one attached hydrogen (secondary N) is 1. The Balaban J connectivity index is 1.82. The summed E-state index contributed by atoms with van der Waals surface area (Å²) in [7, 11) is 3.04. The highest BCUT2D eigenvalue weighted by Gasteiger charge is 2.51. The second-order valence-corrected chi connectivity index (χ2v) is 7.07. The standard InChI is InChI=1S/C21H21NO6/c1-26-16-7-6-13(12-4-3-5-14-15(12)10-22-19(14)23)17(18(16)27-2)28-11-21(8-9-21)20(24)25/h3-7H,8-11H2,1-2H3,(H,22,23)(H,24,25). The van der Waals surface area contributed by atoms with E-state index in [0.717, 1.165) is 16.7 Å². The van der Waals surface area contributed by atoms with Gasteiger partial charge in [0.25, 0.3) is 5.91 Å². The van der Waals surface area contributed by atoms with E-state index in [-0.39, 0.29) is 12.5 Å². The number of carbonyl (C=O) groups excluding carboxylic acids is 1. The second-order valence-electron chi connectivity index (χ2n) is 7.07. The van der Waals surface area contributed by atoms with E-state index < -0.39 is 11.4 Å². The number of carboxylic acid groups (broad SMARTS) is 1. The van der Waals surface area contributed by atoms with Crippen molar-refractivity contribution in [1.82, 2.24) is 5.32 Å². The van der Waals surface area contributed by atoms with Gasteiger partial charge in [-0.3, -0.25) is 9.59 Å². The van der Waals surface area contributed by atoms with Crippen molar-refractivity contribution < 1.29 is 28.9 Å². The molecule has 146 valence electrons. The lowest BCUT2D eigenvalue weighted by molar-refractivity contribution is -0.144. The number of fused-ring (bicyclic) bond motifs is 1. The van der Waals surface area contributed by atoms with Gasteiger partial charge in [-0.05, 0) is 42.2 Å². The molecule has 0 atom stereocenters. The van der Waals surface area contributed by atoms with Gasteiger partial charge in [-0.15, -0.1) is 0 Å². The Morgan fingerprint density at radius 1 is 1.07 bits per heavy atom. The summed E-state index contributed by atoms with van der Waals surface area (Å²) in [5.41, 5.74) is 2.23. The van der Waals surface area contributed by atoms with Crippen LogP contribution in [-0.4, -0.2) is 37.8 Å². The van der Waals surface area contributed by atoms with Crippen molar-refractivity contribution in [1.29, 1.82) is 0 Å². The average Bonchev–Trinajstić information content (AvgIpc) is 3.42. The SMILES string of the molecule is COc1ccc(-c2cccc3c2CNC3=O)c(OCC2(C(=O)O)CC2)c1OC. The zero-order valence-electron chi connectivity index (χ0n) is 15.7. The summed E-state index contributed by atoms with van der Waals surface area (Å²) in [4.78, 5) is 23.6. The van der Waals surface area contributed by atoms with Gasteiger partial charge in [0.1, 0.15) is 12.0 Å². The van der Waals surface area contributed by atoms with Crippen molar-refractivity contribution in [2.75, 3.05) is 20.8 Å². The van der Waals surface area contributed by atoms with Crippen LogP contribution >= 0.6 is 0 Å². The van der Waals surface area contributed by atoms with Gasteiger partial charge in [-0.2, -0.15) is 0 Å². The fourth-order valence-corrected chi connectivity index (χ4v) is 3.54. The molecule has 0 aromatic heterocycles. The molecule has 1 amide bonds. The Morgan fingerprint density at radius 2 is 1.82 bits per heavy atom. The van der Waals surface area contributed by atoms with Crippen LogP contribution in [0.2, 0.25) is 0 Å². The van der Waals surface area contributed by atoms with E-state index in [1.165, 1.54) is 14.2 Å². The smallest absolute Gasteiger partial charge is 0.313 e. The van der Waals surface area contributed by atoms with E-state index >= 15 is 0 Å². The Kier molecular flexibility index (Phi) is 4.37. The van der Waals surface area contributed by atoms with Crippen LogP contribution in [0.4, 0.5) is 0 Å². The number of carbonyl (C=O) groups is 2. The third-order valence-electron chi connectivity index (χ3n) is 5.44. The van der Waals surface area contributed by atoms with E-state index in [9.17, 15) is 14.7 Å². The van der Waals surface area contributed by atoms with Crippen molar-refractivity contribution in [2.45, 2.75) is 19.4 Å². The van der Waals surface area contributed by atoms with E-state index in [2.05, 4.69) is 5.32 Å². The Labute approximate surface area is 162 Å². The molecule has 1 aliphatic heterocycles. The molecule has 0 bridgehead atoms. The van der Waals surface area contributed by atoms with Crippen LogP contribution < -0.4 is 19.5 Å². The number of hydrogen-bond acceptors (Lipinski definition) is 5. The molecule has 0 radical (unpaired) electrons. The number of aliphatic carboxylic acids is 1. The normalized spacial score (nSPS) is 16.1. The molecule has 2 aliphatic rings. The molecule has 2 aromatic carbocycles. The minimum absolute atomic E-state index is 0.0467. The summed E-state index contributed by atoms with van der Waals surface area (Å²) in [6.45, 7) is 0.474. The fraction of sp³-hybridized carbons (Fsp3) is 0.333. The molecule has 0 saturated heterocycles. The number of carboxylic acids is 1. The van der Waals surface area contributed by atoms with E-state index in [4.69, 9.17) is 14.2 Å². The van der Waals surface area contributed by atoms with Gasteiger partial charge in [0, 0.05) is 17.7 Å². The average molecular weight is 383 g/mol. The quantitative estimate of drug-likeness (QED) is 0.764. The van der Waals surface area contributed by atoms with Gasteiger partial charge < -0.3 is 24.6 Å². The lowest BCUT2D eigenvalue weighted by Crippen LogP contribution is -2.23. The molecular formula is C21H21NO6. The van der Waals surface area contributed by atoms with Crippen LogP contribution in [0.5, 0.6) is 17.2 Å².